The quantitative estimate of drug-likeness (QED) is 0.620. The Labute approximate surface area is 109 Å². The number of thiocarbonyl (C=S) groups is 1. The molecule has 0 N–H and O–H groups in total. The van der Waals surface area contributed by atoms with Crippen LogP contribution in [0.2, 0.25) is 0 Å². The molecule has 0 radical (unpaired) electrons. The van der Waals surface area contributed by atoms with Gasteiger partial charge in [0.25, 0.3) is 5.17 Å². The Kier molecular flexibility index (Phi) is 4.44. The number of halogens is 1. The zero-order chi connectivity index (χ0) is 12.3. The third kappa shape index (κ3) is 3.28. The molecule has 1 aromatic carbocycles. The van der Waals surface area contributed by atoms with Gasteiger partial charge in [0.15, 0.2) is 5.78 Å². The van der Waals surface area contributed by atoms with Gasteiger partial charge in [0, 0.05) is 18.6 Å². The molecule has 16 heavy (non-hydrogen) atoms. The van der Waals surface area contributed by atoms with Gasteiger partial charge in [0.2, 0.25) is 0 Å². The van der Waals surface area contributed by atoms with Gasteiger partial charge < -0.3 is 9.64 Å². The Bertz CT molecular complexity index is 432. The largest absolute Gasteiger partial charge is 0.431 e. The first-order valence-corrected chi connectivity index (χ1v) is 5.81. The van der Waals surface area contributed by atoms with Gasteiger partial charge in [0.1, 0.15) is 5.75 Å². The lowest BCUT2D eigenvalue weighted by atomic mass is 10.1. The van der Waals surface area contributed by atoms with E-state index in [0.717, 1.165) is 4.47 Å². The number of carbonyl (C=O) groups excluding carboxylic acids is 1. The van der Waals surface area contributed by atoms with E-state index in [-0.39, 0.29) is 5.78 Å². The lowest BCUT2D eigenvalue weighted by Gasteiger charge is -2.15. The molecule has 0 amide bonds. The Balaban J connectivity index is 3.04. The van der Waals surface area contributed by atoms with Crippen molar-refractivity contribution in [2.75, 3.05) is 14.1 Å². The van der Waals surface area contributed by atoms with E-state index in [0.29, 0.717) is 16.5 Å². The van der Waals surface area contributed by atoms with Gasteiger partial charge in [-0.2, -0.15) is 0 Å². The number of ketones is 1. The Morgan fingerprint density at radius 1 is 1.44 bits per heavy atom. The van der Waals surface area contributed by atoms with Crippen LogP contribution in [0.4, 0.5) is 0 Å². The van der Waals surface area contributed by atoms with Gasteiger partial charge in [-0.15, -0.1) is 0 Å². The molecular formula is C11H12BrNO2S. The van der Waals surface area contributed by atoms with Gasteiger partial charge in [-0.25, -0.2) is 0 Å². The smallest absolute Gasteiger partial charge is 0.264 e. The number of benzene rings is 1. The van der Waals surface area contributed by atoms with Crippen LogP contribution in [-0.2, 0) is 0 Å². The van der Waals surface area contributed by atoms with E-state index in [9.17, 15) is 4.79 Å². The normalized spacial score (nSPS) is 9.75. The molecule has 0 fully saturated rings. The fraction of sp³-hybridized carbons (Fsp3) is 0.273. The van der Waals surface area contributed by atoms with Gasteiger partial charge in [-0.05, 0) is 37.3 Å². The third-order valence-corrected chi connectivity index (χ3v) is 2.83. The van der Waals surface area contributed by atoms with Crippen molar-refractivity contribution < 1.29 is 9.53 Å². The second-order valence-corrected chi connectivity index (χ2v) is 4.72. The molecule has 86 valence electrons. The van der Waals surface area contributed by atoms with E-state index in [1.54, 1.807) is 37.2 Å². The minimum Gasteiger partial charge on any atom is -0.431 e. The van der Waals surface area contributed by atoms with Crippen LogP contribution < -0.4 is 4.74 Å². The summed E-state index contributed by atoms with van der Waals surface area (Å²) in [6, 6.07) is 5.24. The van der Waals surface area contributed by atoms with Crippen LogP contribution in [0.15, 0.2) is 22.7 Å². The van der Waals surface area contributed by atoms with E-state index in [1.807, 2.05) is 0 Å². The summed E-state index contributed by atoms with van der Waals surface area (Å²) in [5, 5.41) is 0.324. The average Bonchev–Trinajstić information content (AvgIpc) is 2.20. The Hall–Kier alpha value is -0.940. The molecule has 0 saturated carbocycles. The molecule has 3 nitrogen and oxygen atoms in total. The number of rotatable bonds is 2. The second-order valence-electron chi connectivity index (χ2n) is 3.46. The van der Waals surface area contributed by atoms with Crippen molar-refractivity contribution in [1.29, 1.82) is 0 Å². The van der Waals surface area contributed by atoms with E-state index >= 15 is 0 Å². The van der Waals surface area contributed by atoms with Crippen LogP contribution >= 0.6 is 28.1 Å². The zero-order valence-electron chi connectivity index (χ0n) is 9.28. The topological polar surface area (TPSA) is 29.5 Å². The maximum atomic E-state index is 11.4. The highest BCUT2D eigenvalue weighted by molar-refractivity contribution is 9.10. The summed E-state index contributed by atoms with van der Waals surface area (Å²) in [5.74, 6) is 0.423. The minimum atomic E-state index is -0.0575. The maximum absolute atomic E-state index is 11.4. The monoisotopic (exact) mass is 301 g/mol. The first-order chi connectivity index (χ1) is 7.41. The molecule has 0 aliphatic rings. The van der Waals surface area contributed by atoms with Crippen LogP contribution in [0.1, 0.15) is 17.3 Å². The third-order valence-electron chi connectivity index (χ3n) is 1.88. The fourth-order valence-corrected chi connectivity index (χ4v) is 1.50. The first kappa shape index (κ1) is 13.1. The van der Waals surface area contributed by atoms with Crippen molar-refractivity contribution in [3.63, 3.8) is 0 Å². The predicted octanol–water partition coefficient (Wildman–Crippen LogP) is 2.88. The number of Topliss-reactive ketones (excluding diaryl/α,β-unsaturated/α-hetero) is 1. The number of nitrogens with zero attached hydrogens (tertiary/aromatic N) is 1. The molecule has 0 aliphatic carbocycles. The summed E-state index contributed by atoms with van der Waals surface area (Å²) in [6.07, 6.45) is 0. The minimum absolute atomic E-state index is 0.0575. The summed E-state index contributed by atoms with van der Waals surface area (Å²) in [7, 11) is 3.57. The van der Waals surface area contributed by atoms with Crippen LogP contribution in [0.25, 0.3) is 0 Å². The predicted molar refractivity (Wildman–Crippen MR) is 71.1 cm³/mol. The Morgan fingerprint density at radius 2 is 2.06 bits per heavy atom. The van der Waals surface area contributed by atoms with E-state index in [1.165, 1.54) is 6.92 Å². The molecule has 0 atom stereocenters. The summed E-state index contributed by atoms with van der Waals surface area (Å²) < 4.78 is 6.27. The van der Waals surface area contributed by atoms with E-state index < -0.39 is 0 Å². The lowest BCUT2D eigenvalue weighted by Crippen LogP contribution is -2.25. The number of hydrogen-bond donors (Lipinski definition) is 0. The second kappa shape index (κ2) is 5.41. The van der Waals surface area contributed by atoms with E-state index in [2.05, 4.69) is 15.9 Å². The molecule has 5 heteroatoms. The molecule has 0 bridgehead atoms. The molecule has 0 aromatic heterocycles. The fourth-order valence-electron chi connectivity index (χ4n) is 1.05. The number of carbonyl (C=O) groups is 1. The summed E-state index contributed by atoms with van der Waals surface area (Å²) in [6.45, 7) is 1.49. The Morgan fingerprint density at radius 3 is 2.56 bits per heavy atom. The van der Waals surface area contributed by atoms with E-state index in [4.69, 9.17) is 17.0 Å². The molecular weight excluding hydrogens is 290 g/mol. The maximum Gasteiger partial charge on any atom is 0.264 e. The molecule has 0 aliphatic heterocycles. The van der Waals surface area contributed by atoms with Crippen LogP contribution in [0, 0.1) is 0 Å². The van der Waals surface area contributed by atoms with Gasteiger partial charge in [0.05, 0.1) is 5.56 Å². The molecule has 0 saturated heterocycles. The lowest BCUT2D eigenvalue weighted by molar-refractivity contribution is 0.101. The highest BCUT2D eigenvalue weighted by Gasteiger charge is 2.11. The van der Waals surface area contributed by atoms with Crippen molar-refractivity contribution in [3.8, 4) is 5.75 Å². The van der Waals surface area contributed by atoms with Crippen molar-refractivity contribution in [3.05, 3.63) is 28.2 Å². The van der Waals surface area contributed by atoms with Gasteiger partial charge >= 0.3 is 0 Å². The number of ether oxygens (including phenoxy) is 1. The summed E-state index contributed by atoms with van der Waals surface area (Å²) >= 11 is 8.33. The molecule has 0 spiro atoms. The van der Waals surface area contributed by atoms with Crippen molar-refractivity contribution >= 4 is 39.1 Å². The molecule has 0 heterocycles. The van der Waals surface area contributed by atoms with Crippen LogP contribution in [0.3, 0.4) is 0 Å². The zero-order valence-corrected chi connectivity index (χ0v) is 11.7. The van der Waals surface area contributed by atoms with Crippen molar-refractivity contribution in [2.45, 2.75) is 6.92 Å². The van der Waals surface area contributed by atoms with Gasteiger partial charge in [-0.3, -0.25) is 4.79 Å². The first-order valence-electron chi connectivity index (χ1n) is 4.61. The highest BCUT2D eigenvalue weighted by Crippen LogP contribution is 2.24. The SMILES string of the molecule is CC(=O)c1cc(Br)ccc1OC(=S)N(C)C. The molecule has 1 aromatic rings. The standard InChI is InChI=1S/C11H12BrNO2S/c1-7(14)9-6-8(12)4-5-10(9)15-11(16)13(2)3/h4-6H,1-3H3. The van der Waals surface area contributed by atoms with Crippen LogP contribution in [0.5, 0.6) is 5.75 Å². The van der Waals surface area contributed by atoms with Gasteiger partial charge in [-0.1, -0.05) is 15.9 Å². The van der Waals surface area contributed by atoms with Crippen molar-refractivity contribution in [2.24, 2.45) is 0 Å². The molecule has 1 rings (SSSR count). The van der Waals surface area contributed by atoms with Crippen molar-refractivity contribution in [1.82, 2.24) is 4.90 Å². The average molecular weight is 302 g/mol. The summed E-state index contributed by atoms with van der Waals surface area (Å²) in [4.78, 5) is 13.1. The van der Waals surface area contributed by atoms with Crippen LogP contribution in [-0.4, -0.2) is 30.0 Å². The summed E-state index contributed by atoms with van der Waals surface area (Å²) in [5.41, 5.74) is 0.513. The number of hydrogen-bond acceptors (Lipinski definition) is 3. The molecule has 0 unspecified atom stereocenters. The highest BCUT2D eigenvalue weighted by atomic mass is 79.9.